The van der Waals surface area contributed by atoms with E-state index in [2.05, 4.69) is 10.2 Å². The molecule has 0 unspecified atom stereocenters. The average molecular weight is 224 g/mol. The third-order valence-electron chi connectivity index (χ3n) is 4.23. The van der Waals surface area contributed by atoms with Gasteiger partial charge in [0.05, 0.1) is 12.6 Å². The highest BCUT2D eigenvalue weighted by molar-refractivity contribution is 5.82. The van der Waals surface area contributed by atoms with Crippen molar-refractivity contribution >= 4 is 5.91 Å². The highest BCUT2D eigenvalue weighted by Gasteiger charge is 2.37. The van der Waals surface area contributed by atoms with Gasteiger partial charge >= 0.3 is 0 Å². The molecule has 3 saturated heterocycles. The van der Waals surface area contributed by atoms with E-state index in [-0.39, 0.29) is 6.04 Å². The molecule has 3 aliphatic heterocycles. The molecule has 0 spiro atoms. The normalized spacial score (nSPS) is 38.8. The Labute approximate surface area is 96.3 Å². The Morgan fingerprint density at radius 1 is 1.25 bits per heavy atom. The first-order valence-electron chi connectivity index (χ1n) is 6.44. The zero-order valence-corrected chi connectivity index (χ0v) is 9.65. The summed E-state index contributed by atoms with van der Waals surface area (Å²) in [7, 11) is 0. The summed E-state index contributed by atoms with van der Waals surface area (Å²) >= 11 is 0. The smallest absolute Gasteiger partial charge is 0.239 e. The van der Waals surface area contributed by atoms with Crippen molar-refractivity contribution in [1.29, 1.82) is 0 Å². The van der Waals surface area contributed by atoms with Crippen LogP contribution in [-0.2, 0) is 9.53 Å². The van der Waals surface area contributed by atoms with Crippen LogP contribution in [0.15, 0.2) is 0 Å². The Morgan fingerprint density at radius 2 is 2.12 bits per heavy atom. The van der Waals surface area contributed by atoms with Gasteiger partial charge in [-0.2, -0.15) is 0 Å². The number of hydrogen-bond acceptors (Lipinski definition) is 3. The number of nitrogens with one attached hydrogen (secondary N) is 1. The van der Waals surface area contributed by atoms with E-state index in [1.54, 1.807) is 0 Å². The molecule has 0 aromatic heterocycles. The third kappa shape index (κ3) is 1.84. The molecule has 16 heavy (non-hydrogen) atoms. The number of likely N-dealkylation sites (tertiary alicyclic amines) is 1. The van der Waals surface area contributed by atoms with Gasteiger partial charge in [0.2, 0.25) is 5.91 Å². The van der Waals surface area contributed by atoms with Crippen LogP contribution in [0.5, 0.6) is 0 Å². The molecule has 3 rings (SSSR count). The summed E-state index contributed by atoms with van der Waals surface area (Å²) in [6.07, 6.45) is 3.28. The third-order valence-corrected chi connectivity index (χ3v) is 4.23. The van der Waals surface area contributed by atoms with Gasteiger partial charge in [-0.3, -0.25) is 4.79 Å². The molecule has 4 nitrogen and oxygen atoms in total. The Hall–Kier alpha value is -0.610. The molecule has 0 aromatic rings. The van der Waals surface area contributed by atoms with E-state index in [0.717, 1.165) is 52.1 Å². The predicted molar refractivity (Wildman–Crippen MR) is 60.0 cm³/mol. The van der Waals surface area contributed by atoms with Crippen LogP contribution in [-0.4, -0.2) is 49.7 Å². The molecule has 3 heterocycles. The zero-order chi connectivity index (χ0) is 11.0. The minimum atomic E-state index is 0.0962. The van der Waals surface area contributed by atoms with Gasteiger partial charge in [-0.1, -0.05) is 0 Å². The number of carbonyl (C=O) groups is 1. The lowest BCUT2D eigenvalue weighted by molar-refractivity contribution is -0.135. The summed E-state index contributed by atoms with van der Waals surface area (Å²) in [6.45, 7) is 4.61. The first-order chi connectivity index (χ1) is 7.84. The molecule has 4 heteroatoms. The summed E-state index contributed by atoms with van der Waals surface area (Å²) in [6, 6.07) is 0.0962. The van der Waals surface area contributed by atoms with Gasteiger partial charge in [0.15, 0.2) is 0 Å². The Balaban J connectivity index is 1.60. The SMILES string of the molecule is O=C([C@@H]1CCCN1)N1CC[C@@H]2COC[C@@H]2C1. The van der Waals surface area contributed by atoms with Gasteiger partial charge in [0, 0.05) is 25.6 Å². The molecule has 0 aromatic carbocycles. The molecule has 0 radical (unpaired) electrons. The maximum Gasteiger partial charge on any atom is 0.239 e. The Kier molecular flexibility index (Phi) is 2.86. The topological polar surface area (TPSA) is 41.6 Å². The van der Waals surface area contributed by atoms with Crippen LogP contribution in [0.3, 0.4) is 0 Å². The van der Waals surface area contributed by atoms with Crippen molar-refractivity contribution in [2.24, 2.45) is 11.8 Å². The lowest BCUT2D eigenvalue weighted by Crippen LogP contribution is -2.49. The number of carbonyl (C=O) groups excluding carboxylic acids is 1. The fourth-order valence-electron chi connectivity index (χ4n) is 3.18. The summed E-state index contributed by atoms with van der Waals surface area (Å²) in [4.78, 5) is 14.3. The second kappa shape index (κ2) is 4.34. The molecule has 90 valence electrons. The fraction of sp³-hybridized carbons (Fsp3) is 0.917. The molecule has 1 amide bonds. The van der Waals surface area contributed by atoms with Crippen LogP contribution in [0.2, 0.25) is 0 Å². The van der Waals surface area contributed by atoms with Crippen LogP contribution >= 0.6 is 0 Å². The number of piperidine rings is 1. The number of hydrogen-bond donors (Lipinski definition) is 1. The lowest BCUT2D eigenvalue weighted by Gasteiger charge is -2.35. The highest BCUT2D eigenvalue weighted by Crippen LogP contribution is 2.29. The van der Waals surface area contributed by atoms with Crippen molar-refractivity contribution in [2.75, 3.05) is 32.8 Å². The van der Waals surface area contributed by atoms with Crippen molar-refractivity contribution in [3.05, 3.63) is 0 Å². The van der Waals surface area contributed by atoms with Crippen molar-refractivity contribution in [3.63, 3.8) is 0 Å². The van der Waals surface area contributed by atoms with Gasteiger partial charge in [0.25, 0.3) is 0 Å². The maximum atomic E-state index is 12.2. The minimum Gasteiger partial charge on any atom is -0.381 e. The number of rotatable bonds is 1. The molecule has 0 saturated carbocycles. The van der Waals surface area contributed by atoms with E-state index >= 15 is 0 Å². The predicted octanol–water partition coefficient (Wildman–Crippen LogP) is 0.233. The van der Waals surface area contributed by atoms with E-state index in [9.17, 15) is 4.79 Å². The van der Waals surface area contributed by atoms with Crippen LogP contribution in [0.1, 0.15) is 19.3 Å². The molecule has 1 N–H and O–H groups in total. The standard InChI is InChI=1S/C12H20N2O2/c15-12(11-2-1-4-13-11)14-5-3-9-7-16-8-10(9)6-14/h9-11,13H,1-8H2/t9-,10+,11+/m1/s1. The molecule has 3 fully saturated rings. The molecule has 3 aliphatic rings. The van der Waals surface area contributed by atoms with E-state index in [1.807, 2.05) is 0 Å². The summed E-state index contributed by atoms with van der Waals surface area (Å²) < 4.78 is 5.49. The van der Waals surface area contributed by atoms with Gasteiger partial charge in [0.1, 0.15) is 0 Å². The van der Waals surface area contributed by atoms with Gasteiger partial charge < -0.3 is 15.0 Å². The second-order valence-electron chi connectivity index (χ2n) is 5.28. The molecule has 0 bridgehead atoms. The summed E-state index contributed by atoms with van der Waals surface area (Å²) in [5.74, 6) is 1.63. The largest absolute Gasteiger partial charge is 0.381 e. The number of fused-ring (bicyclic) bond motifs is 1. The lowest BCUT2D eigenvalue weighted by atomic mass is 9.88. The van der Waals surface area contributed by atoms with Crippen molar-refractivity contribution in [1.82, 2.24) is 10.2 Å². The molecule has 0 aliphatic carbocycles. The quantitative estimate of drug-likeness (QED) is 0.693. The number of ether oxygens (including phenoxy) is 1. The second-order valence-corrected chi connectivity index (χ2v) is 5.28. The maximum absolute atomic E-state index is 12.2. The van der Waals surface area contributed by atoms with Crippen LogP contribution in [0, 0.1) is 11.8 Å². The molecule has 3 atom stereocenters. The highest BCUT2D eigenvalue weighted by atomic mass is 16.5. The van der Waals surface area contributed by atoms with Gasteiger partial charge in [-0.25, -0.2) is 0 Å². The van der Waals surface area contributed by atoms with Crippen LogP contribution < -0.4 is 5.32 Å². The average Bonchev–Trinajstić information content (AvgIpc) is 2.98. The fourth-order valence-corrected chi connectivity index (χ4v) is 3.18. The molecular formula is C12H20N2O2. The van der Waals surface area contributed by atoms with Crippen LogP contribution in [0.4, 0.5) is 0 Å². The summed E-state index contributed by atoms with van der Waals surface area (Å²) in [5.41, 5.74) is 0. The first kappa shape index (κ1) is 10.5. The monoisotopic (exact) mass is 224 g/mol. The Morgan fingerprint density at radius 3 is 2.94 bits per heavy atom. The van der Waals surface area contributed by atoms with Gasteiger partial charge in [-0.05, 0) is 31.7 Å². The van der Waals surface area contributed by atoms with E-state index < -0.39 is 0 Å². The summed E-state index contributed by atoms with van der Waals surface area (Å²) in [5, 5.41) is 3.29. The zero-order valence-electron chi connectivity index (χ0n) is 9.65. The first-order valence-corrected chi connectivity index (χ1v) is 6.44. The van der Waals surface area contributed by atoms with Gasteiger partial charge in [-0.15, -0.1) is 0 Å². The number of nitrogens with zero attached hydrogens (tertiary/aromatic N) is 1. The minimum absolute atomic E-state index is 0.0962. The van der Waals surface area contributed by atoms with E-state index in [4.69, 9.17) is 4.74 Å². The van der Waals surface area contributed by atoms with Crippen molar-refractivity contribution in [3.8, 4) is 0 Å². The van der Waals surface area contributed by atoms with Crippen molar-refractivity contribution in [2.45, 2.75) is 25.3 Å². The molecular weight excluding hydrogens is 204 g/mol. The van der Waals surface area contributed by atoms with Crippen molar-refractivity contribution < 1.29 is 9.53 Å². The van der Waals surface area contributed by atoms with Crippen LogP contribution in [0.25, 0.3) is 0 Å². The van der Waals surface area contributed by atoms with E-state index in [0.29, 0.717) is 17.7 Å². The Bertz CT molecular complexity index is 276. The number of amides is 1. The van der Waals surface area contributed by atoms with E-state index in [1.165, 1.54) is 0 Å².